The number of aryl methyl sites for hydroxylation is 1. The first-order valence-electron chi connectivity index (χ1n) is 10.1. The lowest BCUT2D eigenvalue weighted by Gasteiger charge is -2.10. The Kier molecular flexibility index (Phi) is 5.82. The summed E-state index contributed by atoms with van der Waals surface area (Å²) in [6.45, 7) is 6.24. The van der Waals surface area contributed by atoms with Gasteiger partial charge in [0.05, 0.1) is 0 Å². The standard InChI is InChI=1S/C25H23N3O2S/c1-15(2)17-10-11-22-21(14-17)27-24(30-22)19-8-5-9-20(13-19)26-25(31)28-23(29)18-7-4-6-16(3)12-18/h4-15H,1-3H3,(H2,26,28,29,31). The SMILES string of the molecule is Cc1cccc(C(=O)NC(=S)Nc2cccc(-c3nc4cc(C(C)C)ccc4o3)c2)c1. The molecule has 3 aromatic carbocycles. The number of anilines is 1. The van der Waals surface area contributed by atoms with E-state index in [-0.39, 0.29) is 11.0 Å². The lowest BCUT2D eigenvalue weighted by molar-refractivity contribution is 0.0977. The Balaban J connectivity index is 1.50. The van der Waals surface area contributed by atoms with Gasteiger partial charge in [-0.1, -0.05) is 43.7 Å². The predicted molar refractivity (Wildman–Crippen MR) is 128 cm³/mol. The Labute approximate surface area is 186 Å². The minimum atomic E-state index is -0.253. The first kappa shape index (κ1) is 20.8. The molecule has 156 valence electrons. The number of hydrogen-bond acceptors (Lipinski definition) is 4. The maximum absolute atomic E-state index is 12.4. The average molecular weight is 430 g/mol. The van der Waals surface area contributed by atoms with Crippen molar-refractivity contribution < 1.29 is 9.21 Å². The summed E-state index contributed by atoms with van der Waals surface area (Å²) in [7, 11) is 0. The van der Waals surface area contributed by atoms with Gasteiger partial charge in [0.25, 0.3) is 5.91 Å². The fraction of sp³-hybridized carbons (Fsp3) is 0.160. The van der Waals surface area contributed by atoms with Crippen LogP contribution in [-0.4, -0.2) is 16.0 Å². The molecule has 31 heavy (non-hydrogen) atoms. The second kappa shape index (κ2) is 8.70. The van der Waals surface area contributed by atoms with E-state index in [9.17, 15) is 4.79 Å². The van der Waals surface area contributed by atoms with Gasteiger partial charge in [-0.15, -0.1) is 0 Å². The van der Waals surface area contributed by atoms with Gasteiger partial charge in [-0.2, -0.15) is 0 Å². The molecule has 0 saturated carbocycles. The van der Waals surface area contributed by atoms with Crippen molar-refractivity contribution in [2.45, 2.75) is 26.7 Å². The highest BCUT2D eigenvalue weighted by molar-refractivity contribution is 7.80. The second-order valence-electron chi connectivity index (χ2n) is 7.76. The van der Waals surface area contributed by atoms with E-state index in [1.165, 1.54) is 5.56 Å². The Morgan fingerprint density at radius 3 is 2.61 bits per heavy atom. The molecule has 0 unspecified atom stereocenters. The molecule has 1 heterocycles. The highest BCUT2D eigenvalue weighted by Gasteiger charge is 2.12. The lowest BCUT2D eigenvalue weighted by Crippen LogP contribution is -2.34. The molecule has 0 aliphatic rings. The summed E-state index contributed by atoms with van der Waals surface area (Å²) in [6.07, 6.45) is 0. The molecule has 0 fully saturated rings. The number of aromatic nitrogens is 1. The molecule has 4 aromatic rings. The molecule has 0 aliphatic heterocycles. The minimum absolute atomic E-state index is 0.225. The van der Waals surface area contributed by atoms with Gasteiger partial charge >= 0.3 is 0 Å². The zero-order chi connectivity index (χ0) is 22.0. The fourth-order valence-corrected chi connectivity index (χ4v) is 3.49. The monoisotopic (exact) mass is 429 g/mol. The number of nitrogens with one attached hydrogen (secondary N) is 2. The van der Waals surface area contributed by atoms with Gasteiger partial charge in [0.1, 0.15) is 5.52 Å². The predicted octanol–water partition coefficient (Wildman–Crippen LogP) is 6.05. The van der Waals surface area contributed by atoms with E-state index in [2.05, 4.69) is 41.6 Å². The number of rotatable bonds is 4. The van der Waals surface area contributed by atoms with Crippen LogP contribution in [0.5, 0.6) is 0 Å². The molecule has 0 bridgehead atoms. The van der Waals surface area contributed by atoms with Crippen molar-refractivity contribution >= 4 is 40.0 Å². The molecule has 4 rings (SSSR count). The van der Waals surface area contributed by atoms with Gasteiger partial charge in [-0.3, -0.25) is 10.1 Å². The van der Waals surface area contributed by atoms with E-state index in [0.29, 0.717) is 17.4 Å². The highest BCUT2D eigenvalue weighted by atomic mass is 32.1. The fourth-order valence-electron chi connectivity index (χ4n) is 3.28. The van der Waals surface area contributed by atoms with E-state index in [1.807, 2.05) is 55.5 Å². The van der Waals surface area contributed by atoms with E-state index in [1.54, 1.807) is 6.07 Å². The smallest absolute Gasteiger partial charge is 0.257 e. The second-order valence-corrected chi connectivity index (χ2v) is 8.17. The van der Waals surface area contributed by atoms with E-state index < -0.39 is 0 Å². The summed E-state index contributed by atoms with van der Waals surface area (Å²) in [4.78, 5) is 17.0. The number of carbonyl (C=O) groups is 1. The Morgan fingerprint density at radius 2 is 1.84 bits per heavy atom. The summed E-state index contributed by atoms with van der Waals surface area (Å²) in [5.74, 6) is 0.708. The number of oxazole rings is 1. The van der Waals surface area contributed by atoms with Crippen LogP contribution in [0.25, 0.3) is 22.6 Å². The number of nitrogens with zero attached hydrogens (tertiary/aromatic N) is 1. The molecule has 0 spiro atoms. The molecule has 1 amide bonds. The van der Waals surface area contributed by atoms with Crippen LogP contribution in [-0.2, 0) is 0 Å². The topological polar surface area (TPSA) is 67.2 Å². The maximum Gasteiger partial charge on any atom is 0.257 e. The highest BCUT2D eigenvalue weighted by Crippen LogP contribution is 2.28. The number of thiocarbonyl (C=S) groups is 1. The van der Waals surface area contributed by atoms with Crippen LogP contribution in [0.2, 0.25) is 0 Å². The van der Waals surface area contributed by atoms with E-state index in [4.69, 9.17) is 16.6 Å². The van der Waals surface area contributed by atoms with Crippen LogP contribution in [0.4, 0.5) is 5.69 Å². The van der Waals surface area contributed by atoms with E-state index in [0.717, 1.165) is 27.9 Å². The molecule has 1 aromatic heterocycles. The normalized spacial score (nSPS) is 11.0. The number of hydrogen-bond donors (Lipinski definition) is 2. The molecule has 0 aliphatic carbocycles. The van der Waals surface area contributed by atoms with Crippen LogP contribution in [0.3, 0.4) is 0 Å². The third-order valence-corrected chi connectivity index (χ3v) is 5.16. The van der Waals surface area contributed by atoms with Gasteiger partial charge in [-0.05, 0) is 73.1 Å². The summed E-state index contributed by atoms with van der Waals surface area (Å²) in [6, 6.07) is 21.0. The Bertz CT molecular complexity index is 1280. The van der Waals surface area contributed by atoms with Gasteiger partial charge in [-0.25, -0.2) is 4.98 Å². The number of benzene rings is 3. The molecule has 0 atom stereocenters. The summed E-state index contributed by atoms with van der Waals surface area (Å²) < 4.78 is 5.94. The van der Waals surface area contributed by atoms with Crippen molar-refractivity contribution in [3.05, 3.63) is 83.4 Å². The number of amides is 1. The van der Waals surface area contributed by atoms with Crippen molar-refractivity contribution in [2.24, 2.45) is 0 Å². The van der Waals surface area contributed by atoms with Gasteiger partial charge in [0.2, 0.25) is 5.89 Å². The van der Waals surface area contributed by atoms with Crippen LogP contribution < -0.4 is 10.6 Å². The largest absolute Gasteiger partial charge is 0.436 e. The van der Waals surface area contributed by atoms with Crippen LogP contribution in [0, 0.1) is 6.92 Å². The van der Waals surface area contributed by atoms with Gasteiger partial charge < -0.3 is 9.73 Å². The third kappa shape index (κ3) is 4.81. The molecular weight excluding hydrogens is 406 g/mol. The molecule has 0 saturated heterocycles. The van der Waals surface area contributed by atoms with Crippen LogP contribution in [0.15, 0.2) is 71.1 Å². The molecule has 5 nitrogen and oxygen atoms in total. The number of fused-ring (bicyclic) bond motifs is 1. The van der Waals surface area contributed by atoms with E-state index >= 15 is 0 Å². The first-order valence-corrected chi connectivity index (χ1v) is 10.5. The third-order valence-electron chi connectivity index (χ3n) is 4.95. The van der Waals surface area contributed by atoms with Gasteiger partial charge in [0.15, 0.2) is 10.7 Å². The van der Waals surface area contributed by atoms with Gasteiger partial charge in [0, 0.05) is 16.8 Å². The zero-order valence-corrected chi connectivity index (χ0v) is 18.4. The quantitative estimate of drug-likeness (QED) is 0.386. The molecule has 2 N–H and O–H groups in total. The average Bonchev–Trinajstić information content (AvgIpc) is 3.17. The Morgan fingerprint density at radius 1 is 1.03 bits per heavy atom. The van der Waals surface area contributed by atoms with Crippen molar-refractivity contribution in [3.8, 4) is 11.5 Å². The summed E-state index contributed by atoms with van der Waals surface area (Å²) in [5, 5.41) is 5.99. The number of carbonyl (C=O) groups excluding carboxylic acids is 1. The molecule has 6 heteroatoms. The van der Waals surface area contributed by atoms with Crippen molar-refractivity contribution in [1.29, 1.82) is 0 Å². The van der Waals surface area contributed by atoms with Crippen LogP contribution >= 0.6 is 12.2 Å². The molecular formula is C25H23N3O2S. The Hall–Kier alpha value is -3.51. The lowest BCUT2D eigenvalue weighted by atomic mass is 10.0. The van der Waals surface area contributed by atoms with Crippen LogP contribution in [0.1, 0.15) is 41.3 Å². The maximum atomic E-state index is 12.4. The summed E-state index contributed by atoms with van der Waals surface area (Å²) >= 11 is 5.31. The molecule has 0 radical (unpaired) electrons. The van der Waals surface area contributed by atoms with Crippen molar-refractivity contribution in [2.75, 3.05) is 5.32 Å². The minimum Gasteiger partial charge on any atom is -0.436 e. The van der Waals surface area contributed by atoms with Crippen molar-refractivity contribution in [3.63, 3.8) is 0 Å². The summed E-state index contributed by atoms with van der Waals surface area (Å²) in [5.41, 5.74) is 5.93. The van der Waals surface area contributed by atoms with Crippen molar-refractivity contribution in [1.82, 2.24) is 10.3 Å². The zero-order valence-electron chi connectivity index (χ0n) is 17.6. The first-order chi connectivity index (χ1) is 14.9.